The second kappa shape index (κ2) is 3.71. The number of hydrogen-bond acceptors (Lipinski definition) is 3. The number of pyridine rings is 1. The standard InChI is InChI=1S/C8H9NO2/c1-2-11-8-3-4-9-5-7(8)6-10/h3-6H,2H2,1H3. The number of carbonyl (C=O) groups is 1. The van der Waals surface area contributed by atoms with Crippen LogP contribution < -0.4 is 4.74 Å². The first-order valence-corrected chi connectivity index (χ1v) is 3.40. The van der Waals surface area contributed by atoms with Gasteiger partial charge < -0.3 is 4.74 Å². The lowest BCUT2D eigenvalue weighted by Crippen LogP contribution is -1.95. The highest BCUT2D eigenvalue weighted by Crippen LogP contribution is 2.13. The molecule has 0 aromatic carbocycles. The minimum absolute atomic E-state index is 0.495. The van der Waals surface area contributed by atoms with Crippen LogP contribution in [-0.4, -0.2) is 17.9 Å². The Morgan fingerprint density at radius 1 is 1.73 bits per heavy atom. The van der Waals surface area contributed by atoms with E-state index in [1.807, 2.05) is 6.92 Å². The SMILES string of the molecule is CCOc1ccncc1C=O. The predicted octanol–water partition coefficient (Wildman–Crippen LogP) is 1.29. The molecule has 3 heteroatoms. The zero-order valence-corrected chi connectivity index (χ0v) is 6.28. The average Bonchev–Trinajstić information content (AvgIpc) is 2.06. The van der Waals surface area contributed by atoms with E-state index in [0.717, 1.165) is 6.29 Å². The zero-order chi connectivity index (χ0) is 8.10. The van der Waals surface area contributed by atoms with Gasteiger partial charge >= 0.3 is 0 Å². The Bertz CT molecular complexity index is 248. The van der Waals surface area contributed by atoms with Crippen molar-refractivity contribution in [2.45, 2.75) is 6.92 Å². The van der Waals surface area contributed by atoms with Crippen molar-refractivity contribution in [1.82, 2.24) is 4.98 Å². The summed E-state index contributed by atoms with van der Waals surface area (Å²) < 4.78 is 5.16. The minimum atomic E-state index is 0.495. The van der Waals surface area contributed by atoms with E-state index in [0.29, 0.717) is 17.9 Å². The lowest BCUT2D eigenvalue weighted by atomic mass is 10.3. The summed E-state index contributed by atoms with van der Waals surface area (Å²) in [5.74, 6) is 0.595. The molecular weight excluding hydrogens is 142 g/mol. The summed E-state index contributed by atoms with van der Waals surface area (Å²) in [6.07, 6.45) is 3.81. The Morgan fingerprint density at radius 3 is 3.18 bits per heavy atom. The molecule has 58 valence electrons. The summed E-state index contributed by atoms with van der Waals surface area (Å²) in [5.41, 5.74) is 0.495. The quantitative estimate of drug-likeness (QED) is 0.611. The largest absolute Gasteiger partial charge is 0.493 e. The van der Waals surface area contributed by atoms with E-state index in [1.54, 1.807) is 12.3 Å². The predicted molar refractivity (Wildman–Crippen MR) is 40.8 cm³/mol. The summed E-state index contributed by atoms with van der Waals surface area (Å²) >= 11 is 0. The second-order valence-electron chi connectivity index (χ2n) is 1.96. The maximum atomic E-state index is 10.4. The van der Waals surface area contributed by atoms with Crippen molar-refractivity contribution in [2.24, 2.45) is 0 Å². The van der Waals surface area contributed by atoms with Gasteiger partial charge in [0.2, 0.25) is 0 Å². The molecule has 0 spiro atoms. The molecule has 0 atom stereocenters. The first kappa shape index (κ1) is 7.72. The molecule has 1 heterocycles. The molecule has 1 aromatic rings. The molecule has 11 heavy (non-hydrogen) atoms. The summed E-state index contributed by atoms with van der Waals surface area (Å²) in [7, 11) is 0. The Kier molecular flexibility index (Phi) is 2.60. The van der Waals surface area contributed by atoms with Crippen LogP contribution in [0.3, 0.4) is 0 Å². The van der Waals surface area contributed by atoms with Gasteiger partial charge in [-0.3, -0.25) is 9.78 Å². The molecule has 0 unspecified atom stereocenters. The van der Waals surface area contributed by atoms with E-state index in [4.69, 9.17) is 4.74 Å². The number of nitrogens with zero attached hydrogens (tertiary/aromatic N) is 1. The highest BCUT2D eigenvalue weighted by atomic mass is 16.5. The van der Waals surface area contributed by atoms with Gasteiger partial charge in [0.15, 0.2) is 6.29 Å². The molecule has 0 amide bonds. The molecule has 0 saturated carbocycles. The van der Waals surface area contributed by atoms with Crippen LogP contribution in [0.25, 0.3) is 0 Å². The van der Waals surface area contributed by atoms with Crippen LogP contribution in [0, 0.1) is 0 Å². The summed E-state index contributed by atoms with van der Waals surface area (Å²) in [5, 5.41) is 0. The van der Waals surface area contributed by atoms with Crippen molar-refractivity contribution in [1.29, 1.82) is 0 Å². The molecule has 0 bridgehead atoms. The van der Waals surface area contributed by atoms with E-state index >= 15 is 0 Å². The molecule has 0 fully saturated rings. The topological polar surface area (TPSA) is 39.2 Å². The minimum Gasteiger partial charge on any atom is -0.493 e. The Hall–Kier alpha value is -1.38. The van der Waals surface area contributed by atoms with Crippen LogP contribution in [0.5, 0.6) is 5.75 Å². The normalized spacial score (nSPS) is 9.18. The molecule has 0 saturated heterocycles. The number of aromatic nitrogens is 1. The Labute approximate surface area is 65.0 Å². The molecule has 0 aliphatic heterocycles. The lowest BCUT2D eigenvalue weighted by Gasteiger charge is -2.03. The van der Waals surface area contributed by atoms with Crippen molar-refractivity contribution in [3.8, 4) is 5.75 Å². The highest BCUT2D eigenvalue weighted by molar-refractivity contribution is 5.78. The molecule has 3 nitrogen and oxygen atoms in total. The van der Waals surface area contributed by atoms with Gasteiger partial charge in [0, 0.05) is 12.4 Å². The van der Waals surface area contributed by atoms with Gasteiger partial charge in [-0.2, -0.15) is 0 Å². The van der Waals surface area contributed by atoms with Crippen molar-refractivity contribution in [3.05, 3.63) is 24.0 Å². The number of hydrogen-bond donors (Lipinski definition) is 0. The molecule has 0 N–H and O–H groups in total. The van der Waals surface area contributed by atoms with Crippen molar-refractivity contribution < 1.29 is 9.53 Å². The van der Waals surface area contributed by atoms with E-state index in [9.17, 15) is 4.79 Å². The van der Waals surface area contributed by atoms with Gasteiger partial charge in [-0.25, -0.2) is 0 Å². The van der Waals surface area contributed by atoms with E-state index in [-0.39, 0.29) is 0 Å². The fourth-order valence-corrected chi connectivity index (χ4v) is 0.769. The fourth-order valence-electron chi connectivity index (χ4n) is 0.769. The second-order valence-corrected chi connectivity index (χ2v) is 1.96. The van der Waals surface area contributed by atoms with Crippen LogP contribution in [0.2, 0.25) is 0 Å². The third-order valence-corrected chi connectivity index (χ3v) is 1.24. The van der Waals surface area contributed by atoms with Gasteiger partial charge in [0.1, 0.15) is 5.75 Å². The van der Waals surface area contributed by atoms with Crippen LogP contribution >= 0.6 is 0 Å². The van der Waals surface area contributed by atoms with E-state index in [1.165, 1.54) is 6.20 Å². The molecular formula is C8H9NO2. The molecule has 0 aliphatic carbocycles. The van der Waals surface area contributed by atoms with Gasteiger partial charge in [-0.1, -0.05) is 0 Å². The van der Waals surface area contributed by atoms with Crippen LogP contribution in [-0.2, 0) is 0 Å². The summed E-state index contributed by atoms with van der Waals surface area (Å²) in [6.45, 7) is 2.43. The smallest absolute Gasteiger partial charge is 0.155 e. The van der Waals surface area contributed by atoms with Gasteiger partial charge in [-0.05, 0) is 13.0 Å². The zero-order valence-electron chi connectivity index (χ0n) is 6.28. The lowest BCUT2D eigenvalue weighted by molar-refractivity contribution is 0.111. The first-order chi connectivity index (χ1) is 5.38. The first-order valence-electron chi connectivity index (χ1n) is 3.40. The van der Waals surface area contributed by atoms with Crippen molar-refractivity contribution in [2.75, 3.05) is 6.61 Å². The number of carbonyl (C=O) groups excluding carboxylic acids is 1. The Morgan fingerprint density at radius 2 is 2.55 bits per heavy atom. The van der Waals surface area contributed by atoms with E-state index < -0.39 is 0 Å². The monoisotopic (exact) mass is 151 g/mol. The van der Waals surface area contributed by atoms with Crippen LogP contribution in [0.1, 0.15) is 17.3 Å². The molecule has 0 radical (unpaired) electrons. The Balaban J connectivity index is 2.92. The number of ether oxygens (including phenoxy) is 1. The third-order valence-electron chi connectivity index (χ3n) is 1.24. The third kappa shape index (κ3) is 1.77. The highest BCUT2D eigenvalue weighted by Gasteiger charge is 1.99. The van der Waals surface area contributed by atoms with Crippen molar-refractivity contribution in [3.63, 3.8) is 0 Å². The van der Waals surface area contributed by atoms with Gasteiger partial charge in [0.25, 0.3) is 0 Å². The van der Waals surface area contributed by atoms with Gasteiger partial charge in [0.05, 0.1) is 12.2 Å². The van der Waals surface area contributed by atoms with Crippen molar-refractivity contribution >= 4 is 6.29 Å². The summed E-state index contributed by atoms with van der Waals surface area (Å²) in [6, 6.07) is 1.67. The van der Waals surface area contributed by atoms with Gasteiger partial charge in [-0.15, -0.1) is 0 Å². The fraction of sp³-hybridized carbons (Fsp3) is 0.250. The number of aldehydes is 1. The maximum absolute atomic E-state index is 10.4. The van der Waals surface area contributed by atoms with Crippen LogP contribution in [0.4, 0.5) is 0 Å². The molecule has 1 aromatic heterocycles. The van der Waals surface area contributed by atoms with Crippen LogP contribution in [0.15, 0.2) is 18.5 Å². The maximum Gasteiger partial charge on any atom is 0.155 e. The molecule has 1 rings (SSSR count). The average molecular weight is 151 g/mol. The summed E-state index contributed by atoms with van der Waals surface area (Å²) in [4.78, 5) is 14.2. The molecule has 0 aliphatic rings. The van der Waals surface area contributed by atoms with E-state index in [2.05, 4.69) is 4.98 Å². The number of rotatable bonds is 3.